The summed E-state index contributed by atoms with van der Waals surface area (Å²) in [4.78, 5) is 28.7. The molecule has 2 rings (SSSR count). The maximum Gasteiger partial charge on any atom is 0.349 e. The molecule has 1 amide bonds. The number of nitrogens with one attached hydrogen (secondary N) is 1. The van der Waals surface area contributed by atoms with Crippen LogP contribution in [-0.4, -0.2) is 37.1 Å². The Morgan fingerprint density at radius 2 is 2.23 bits per heavy atom. The minimum absolute atomic E-state index is 0.336. The number of amides is 1. The van der Waals surface area contributed by atoms with Crippen molar-refractivity contribution in [1.29, 1.82) is 0 Å². The summed E-state index contributed by atoms with van der Waals surface area (Å²) >= 11 is 1.26. The average Bonchev–Trinajstić information content (AvgIpc) is 3.08. The van der Waals surface area contributed by atoms with Crippen LogP contribution < -0.4 is 5.32 Å². The number of aromatic nitrogens is 1. The second-order valence-electron chi connectivity index (χ2n) is 4.33. The number of hydrogen-bond donors (Lipinski definition) is 1. The highest BCUT2D eigenvalue weighted by atomic mass is 32.1. The molecule has 0 spiro atoms. The number of carbonyl (C=O) groups excluding carboxylic acids is 2. The number of ether oxygens (including phenoxy) is 2. The molecule has 2 aromatic rings. The van der Waals surface area contributed by atoms with Crippen molar-refractivity contribution in [2.75, 3.05) is 20.3 Å². The van der Waals surface area contributed by atoms with Crippen LogP contribution in [0.15, 0.2) is 42.0 Å². The summed E-state index contributed by atoms with van der Waals surface area (Å²) in [6, 6.07) is 6.77. The molecule has 0 fully saturated rings. The van der Waals surface area contributed by atoms with Crippen molar-refractivity contribution in [3.05, 3.63) is 52.5 Å². The largest absolute Gasteiger partial charge is 0.443 e. The van der Waals surface area contributed by atoms with Gasteiger partial charge in [-0.2, -0.15) is 0 Å². The highest BCUT2D eigenvalue weighted by Gasteiger charge is 2.26. The smallest absolute Gasteiger partial charge is 0.349 e. The third-order valence-corrected chi connectivity index (χ3v) is 3.63. The number of pyridine rings is 1. The van der Waals surface area contributed by atoms with Gasteiger partial charge in [0, 0.05) is 31.6 Å². The molecule has 0 radical (unpaired) electrons. The molecular weight excluding hydrogens is 304 g/mol. The molecule has 2 aromatic heterocycles. The third kappa shape index (κ3) is 4.37. The maximum atomic E-state index is 12.3. The zero-order chi connectivity index (χ0) is 15.8. The van der Waals surface area contributed by atoms with Gasteiger partial charge >= 0.3 is 5.97 Å². The Kier molecular flexibility index (Phi) is 6.05. The molecule has 2 heterocycles. The lowest BCUT2D eigenvalue weighted by atomic mass is 10.1. The lowest BCUT2D eigenvalue weighted by Gasteiger charge is -2.17. The van der Waals surface area contributed by atoms with Crippen LogP contribution >= 0.6 is 11.3 Å². The van der Waals surface area contributed by atoms with Gasteiger partial charge in [-0.3, -0.25) is 9.78 Å². The lowest BCUT2D eigenvalue weighted by Crippen LogP contribution is -2.34. The van der Waals surface area contributed by atoms with E-state index in [1.54, 1.807) is 43.0 Å². The summed E-state index contributed by atoms with van der Waals surface area (Å²) in [5.74, 6) is -0.944. The molecule has 0 aliphatic carbocycles. The molecule has 0 aromatic carbocycles. The second kappa shape index (κ2) is 8.26. The summed E-state index contributed by atoms with van der Waals surface area (Å²) in [7, 11) is 1.54. The van der Waals surface area contributed by atoms with E-state index >= 15 is 0 Å². The van der Waals surface area contributed by atoms with Gasteiger partial charge in [-0.05, 0) is 17.5 Å². The molecular formula is C15H16N2O4S. The van der Waals surface area contributed by atoms with E-state index in [4.69, 9.17) is 9.47 Å². The van der Waals surface area contributed by atoms with Gasteiger partial charge in [-0.25, -0.2) is 4.79 Å². The van der Waals surface area contributed by atoms with Crippen molar-refractivity contribution in [3.8, 4) is 0 Å². The first-order valence-corrected chi connectivity index (χ1v) is 7.51. The van der Waals surface area contributed by atoms with Gasteiger partial charge in [0.1, 0.15) is 4.88 Å². The molecule has 0 unspecified atom stereocenters. The molecule has 6 nitrogen and oxygen atoms in total. The summed E-state index contributed by atoms with van der Waals surface area (Å²) in [5, 5.41) is 4.44. The van der Waals surface area contributed by atoms with E-state index in [0.717, 1.165) is 0 Å². The Morgan fingerprint density at radius 1 is 1.36 bits per heavy atom. The molecule has 7 heteroatoms. The Labute approximate surface area is 132 Å². The topological polar surface area (TPSA) is 77.5 Å². The monoisotopic (exact) mass is 320 g/mol. The van der Waals surface area contributed by atoms with Crippen molar-refractivity contribution < 1.29 is 19.1 Å². The fourth-order valence-electron chi connectivity index (χ4n) is 1.73. The number of nitrogens with zero attached hydrogens (tertiary/aromatic N) is 1. The maximum absolute atomic E-state index is 12.3. The molecule has 1 N–H and O–H groups in total. The van der Waals surface area contributed by atoms with E-state index in [2.05, 4.69) is 10.3 Å². The predicted octanol–water partition coefficient (Wildman–Crippen LogP) is 1.80. The van der Waals surface area contributed by atoms with Crippen LogP contribution in [0, 0.1) is 0 Å². The van der Waals surface area contributed by atoms with Crippen molar-refractivity contribution in [3.63, 3.8) is 0 Å². The van der Waals surface area contributed by atoms with E-state index in [0.29, 0.717) is 23.6 Å². The SMILES string of the molecule is COCCNC(=O)[C@@H](OC(=O)c1cccs1)c1cccnc1. The predicted molar refractivity (Wildman–Crippen MR) is 81.6 cm³/mol. The highest BCUT2D eigenvalue weighted by Crippen LogP contribution is 2.20. The quantitative estimate of drug-likeness (QED) is 0.622. The first-order chi connectivity index (χ1) is 10.7. The highest BCUT2D eigenvalue weighted by molar-refractivity contribution is 7.11. The van der Waals surface area contributed by atoms with Crippen LogP contribution in [0.2, 0.25) is 0 Å². The van der Waals surface area contributed by atoms with E-state index in [9.17, 15) is 9.59 Å². The summed E-state index contributed by atoms with van der Waals surface area (Å²) in [6.45, 7) is 0.715. The fraction of sp³-hybridized carbons (Fsp3) is 0.267. The van der Waals surface area contributed by atoms with Gasteiger partial charge in [0.25, 0.3) is 5.91 Å². The Balaban J connectivity index is 2.11. The Hall–Kier alpha value is -2.25. The number of rotatable bonds is 7. The first kappa shape index (κ1) is 16.1. The van der Waals surface area contributed by atoms with Gasteiger partial charge in [-0.1, -0.05) is 12.1 Å². The van der Waals surface area contributed by atoms with E-state index in [1.165, 1.54) is 17.5 Å². The van der Waals surface area contributed by atoms with E-state index in [-0.39, 0.29) is 0 Å². The molecule has 0 aliphatic heterocycles. The molecule has 0 aliphatic rings. The number of esters is 1. The minimum Gasteiger partial charge on any atom is -0.443 e. The fourth-order valence-corrected chi connectivity index (χ4v) is 2.34. The van der Waals surface area contributed by atoms with Gasteiger partial charge in [-0.15, -0.1) is 11.3 Å². The van der Waals surface area contributed by atoms with E-state index < -0.39 is 18.0 Å². The van der Waals surface area contributed by atoms with Gasteiger partial charge in [0.05, 0.1) is 6.61 Å². The van der Waals surface area contributed by atoms with Gasteiger partial charge < -0.3 is 14.8 Å². The van der Waals surface area contributed by atoms with Crippen molar-refractivity contribution in [2.24, 2.45) is 0 Å². The first-order valence-electron chi connectivity index (χ1n) is 6.63. The van der Waals surface area contributed by atoms with Crippen molar-refractivity contribution in [2.45, 2.75) is 6.10 Å². The van der Waals surface area contributed by atoms with Crippen LogP contribution in [0.5, 0.6) is 0 Å². The number of hydrogen-bond acceptors (Lipinski definition) is 6. The molecule has 0 saturated carbocycles. The molecule has 0 bridgehead atoms. The van der Waals surface area contributed by atoms with Crippen LogP contribution in [0.4, 0.5) is 0 Å². The summed E-state index contributed by atoms with van der Waals surface area (Å²) < 4.78 is 10.2. The Morgan fingerprint density at radius 3 is 2.86 bits per heavy atom. The molecule has 22 heavy (non-hydrogen) atoms. The molecule has 116 valence electrons. The van der Waals surface area contributed by atoms with Crippen LogP contribution in [-0.2, 0) is 14.3 Å². The zero-order valence-corrected chi connectivity index (χ0v) is 12.8. The number of carbonyl (C=O) groups is 2. The number of thiophene rings is 1. The third-order valence-electron chi connectivity index (χ3n) is 2.78. The zero-order valence-electron chi connectivity index (χ0n) is 12.0. The Bertz CT molecular complexity index is 601. The van der Waals surface area contributed by atoms with Gasteiger partial charge in [0.2, 0.25) is 6.10 Å². The van der Waals surface area contributed by atoms with Crippen molar-refractivity contribution in [1.82, 2.24) is 10.3 Å². The summed E-state index contributed by atoms with van der Waals surface area (Å²) in [5.41, 5.74) is 0.516. The van der Waals surface area contributed by atoms with Crippen LogP contribution in [0.25, 0.3) is 0 Å². The second-order valence-corrected chi connectivity index (χ2v) is 5.28. The van der Waals surface area contributed by atoms with Crippen LogP contribution in [0.3, 0.4) is 0 Å². The normalized spacial score (nSPS) is 11.7. The van der Waals surface area contributed by atoms with Gasteiger partial charge in [0.15, 0.2) is 0 Å². The average molecular weight is 320 g/mol. The minimum atomic E-state index is -1.04. The molecule has 0 saturated heterocycles. The standard InChI is InChI=1S/C15H16N2O4S/c1-20-8-7-17-14(18)13(11-4-2-6-16-10-11)21-15(19)12-5-3-9-22-12/h2-6,9-10,13H,7-8H2,1H3,(H,17,18)/t13-/m0/s1. The summed E-state index contributed by atoms with van der Waals surface area (Å²) in [6.07, 6.45) is 2.05. The van der Waals surface area contributed by atoms with E-state index in [1.807, 2.05) is 0 Å². The van der Waals surface area contributed by atoms with Crippen LogP contribution in [0.1, 0.15) is 21.3 Å². The molecule has 1 atom stereocenters. The van der Waals surface area contributed by atoms with Crippen molar-refractivity contribution >= 4 is 23.2 Å². The lowest BCUT2D eigenvalue weighted by molar-refractivity contribution is -0.130. The number of methoxy groups -OCH3 is 1.